The number of para-hydroxylation sites is 1. The lowest BCUT2D eigenvalue weighted by Crippen LogP contribution is -2.51. The van der Waals surface area contributed by atoms with Crippen molar-refractivity contribution in [2.45, 2.75) is 64.6 Å². The molecule has 1 fully saturated rings. The summed E-state index contributed by atoms with van der Waals surface area (Å²) in [7, 11) is 0. The van der Waals surface area contributed by atoms with E-state index in [0.29, 0.717) is 19.4 Å². The third-order valence-electron chi connectivity index (χ3n) is 6.72. The Balaban J connectivity index is 0.000000352. The third kappa shape index (κ3) is 9.85. The van der Waals surface area contributed by atoms with Crippen molar-refractivity contribution in [1.82, 2.24) is 20.5 Å². The molecule has 2 unspecified atom stereocenters. The van der Waals surface area contributed by atoms with Crippen molar-refractivity contribution in [3.63, 3.8) is 0 Å². The number of fused-ring (bicyclic) bond motifs is 1. The minimum Gasteiger partial charge on any atom is -0.483 e. The molecule has 4 rings (SSSR count). The van der Waals surface area contributed by atoms with Crippen molar-refractivity contribution in [2.75, 3.05) is 13.1 Å². The van der Waals surface area contributed by atoms with Crippen LogP contribution in [0.25, 0.3) is 10.9 Å². The molecule has 216 valence electrons. The summed E-state index contributed by atoms with van der Waals surface area (Å²) in [4.78, 5) is 50.1. The Morgan fingerprint density at radius 1 is 1.15 bits per heavy atom. The van der Waals surface area contributed by atoms with Crippen molar-refractivity contribution >= 4 is 35.1 Å². The van der Waals surface area contributed by atoms with E-state index in [1.807, 2.05) is 56.4 Å². The number of rotatable bonds is 8. The molecule has 1 aromatic heterocycles. The second-order valence-electron chi connectivity index (χ2n) is 9.70. The first-order valence-corrected chi connectivity index (χ1v) is 13.5. The van der Waals surface area contributed by atoms with E-state index in [9.17, 15) is 14.4 Å². The predicted octanol–water partition coefficient (Wildman–Crippen LogP) is 2.76. The summed E-state index contributed by atoms with van der Waals surface area (Å²) in [6.45, 7) is 6.18. The Morgan fingerprint density at radius 3 is 2.45 bits per heavy atom. The summed E-state index contributed by atoms with van der Waals surface area (Å²) in [5.41, 5.74) is 9.44. The Labute approximate surface area is 235 Å². The van der Waals surface area contributed by atoms with Crippen molar-refractivity contribution in [1.29, 1.82) is 0 Å². The number of nitrogens with zero attached hydrogens (tertiary/aromatic N) is 1. The number of H-pyrrole nitrogens is 1. The van der Waals surface area contributed by atoms with Crippen LogP contribution < -0.4 is 16.4 Å². The van der Waals surface area contributed by atoms with E-state index < -0.39 is 12.1 Å². The third-order valence-corrected chi connectivity index (χ3v) is 6.72. The number of amides is 3. The molecule has 1 aliphatic heterocycles. The number of aromatic nitrogens is 1. The van der Waals surface area contributed by atoms with Crippen LogP contribution in [0.1, 0.15) is 44.2 Å². The maximum absolute atomic E-state index is 12.5. The van der Waals surface area contributed by atoms with Crippen LogP contribution in [0.4, 0.5) is 0 Å². The maximum atomic E-state index is 12.5. The number of hydrogen-bond acceptors (Lipinski definition) is 5. The van der Waals surface area contributed by atoms with Gasteiger partial charge < -0.3 is 31.4 Å². The standard InChI is InChI=1S/C20H30N4O3.C9H9N.CH2O2/c1-3-14(2)23-20(27)17-10-7-11-24(17)18(25)13-22-19(26)16(21)12-15-8-5-4-6-9-15;1-7-6-10-9-5-3-2-4-8(7)9;2-1-3/h4-6,8-9,14,16-17H,3,7,10-13,21H2,1-2H3,(H,22,26)(H,23,27);2-6,10H,1H3;1H,(H,2,3)/t14?,16?,17-;;/m0../s1. The molecule has 6 N–H and O–H groups in total. The number of hydrogen-bond donors (Lipinski definition) is 5. The second-order valence-corrected chi connectivity index (χ2v) is 9.70. The van der Waals surface area contributed by atoms with E-state index in [1.54, 1.807) is 4.90 Å². The number of benzene rings is 2. The highest BCUT2D eigenvalue weighted by Gasteiger charge is 2.34. The van der Waals surface area contributed by atoms with Crippen LogP contribution >= 0.6 is 0 Å². The lowest BCUT2D eigenvalue weighted by Gasteiger charge is -2.25. The number of carbonyl (C=O) groups is 4. The molecule has 2 aromatic carbocycles. The van der Waals surface area contributed by atoms with Gasteiger partial charge in [-0.3, -0.25) is 19.2 Å². The lowest BCUT2D eigenvalue weighted by molar-refractivity contribution is -0.139. The van der Waals surface area contributed by atoms with E-state index in [-0.39, 0.29) is 36.8 Å². The molecule has 0 saturated carbocycles. The van der Waals surface area contributed by atoms with Crippen molar-refractivity contribution in [2.24, 2.45) is 5.73 Å². The highest BCUT2D eigenvalue weighted by molar-refractivity contribution is 5.91. The Hall–Kier alpha value is -4.18. The topological polar surface area (TPSA) is 158 Å². The second kappa shape index (κ2) is 16.7. The largest absolute Gasteiger partial charge is 0.483 e. The van der Waals surface area contributed by atoms with Crippen LogP contribution in [0, 0.1) is 6.92 Å². The molecule has 2 heterocycles. The molecular formula is C30H41N5O5. The SMILES string of the molecule is CCC(C)NC(=O)[C@@H]1CCCN1C(=O)CNC(=O)C(N)Cc1ccccc1.Cc1c[nH]c2ccccc12.O=CO. The average molecular weight is 552 g/mol. The van der Waals surface area contributed by atoms with Gasteiger partial charge in [-0.25, -0.2) is 0 Å². The number of nitrogens with one attached hydrogen (secondary N) is 3. The van der Waals surface area contributed by atoms with Gasteiger partial charge in [0.2, 0.25) is 17.7 Å². The molecule has 0 aliphatic carbocycles. The van der Waals surface area contributed by atoms with Crippen LogP contribution in [-0.4, -0.2) is 70.4 Å². The van der Waals surface area contributed by atoms with E-state index >= 15 is 0 Å². The zero-order chi connectivity index (χ0) is 29.5. The minimum atomic E-state index is -0.719. The number of carboxylic acid groups (broad SMARTS) is 1. The van der Waals surface area contributed by atoms with Crippen molar-refractivity contribution in [3.05, 3.63) is 71.9 Å². The van der Waals surface area contributed by atoms with Gasteiger partial charge in [-0.05, 0) is 56.7 Å². The van der Waals surface area contributed by atoms with E-state index in [0.717, 1.165) is 18.4 Å². The molecule has 3 atom stereocenters. The Morgan fingerprint density at radius 2 is 1.80 bits per heavy atom. The highest BCUT2D eigenvalue weighted by Crippen LogP contribution is 2.18. The normalized spacial score (nSPS) is 15.5. The summed E-state index contributed by atoms with van der Waals surface area (Å²) < 4.78 is 0. The fraction of sp³-hybridized carbons (Fsp3) is 0.400. The summed E-state index contributed by atoms with van der Waals surface area (Å²) in [6.07, 6.45) is 4.71. The number of aromatic amines is 1. The molecule has 1 saturated heterocycles. The lowest BCUT2D eigenvalue weighted by atomic mass is 10.1. The monoisotopic (exact) mass is 551 g/mol. The zero-order valence-corrected chi connectivity index (χ0v) is 23.4. The van der Waals surface area contributed by atoms with Crippen LogP contribution in [0.3, 0.4) is 0 Å². The van der Waals surface area contributed by atoms with Crippen molar-refractivity contribution < 1.29 is 24.3 Å². The molecule has 10 nitrogen and oxygen atoms in total. The Kier molecular flexibility index (Phi) is 13.4. The Bertz CT molecular complexity index is 1230. The average Bonchev–Trinajstić information content (AvgIpc) is 3.60. The molecule has 0 radical (unpaired) electrons. The first-order chi connectivity index (χ1) is 19.2. The van der Waals surface area contributed by atoms with Gasteiger partial charge in [0.25, 0.3) is 6.47 Å². The first kappa shape index (κ1) is 32.0. The molecule has 40 heavy (non-hydrogen) atoms. The number of nitrogens with two attached hydrogens (primary N) is 1. The number of carbonyl (C=O) groups excluding carboxylic acids is 3. The van der Waals surface area contributed by atoms with Gasteiger partial charge in [0, 0.05) is 29.7 Å². The van der Waals surface area contributed by atoms with Crippen LogP contribution in [0.5, 0.6) is 0 Å². The van der Waals surface area contributed by atoms with Gasteiger partial charge >= 0.3 is 0 Å². The molecule has 0 bridgehead atoms. The van der Waals surface area contributed by atoms with Gasteiger partial charge in [-0.15, -0.1) is 0 Å². The van der Waals surface area contributed by atoms with E-state index in [4.69, 9.17) is 15.6 Å². The van der Waals surface area contributed by atoms with E-state index in [2.05, 4.69) is 40.7 Å². The number of likely N-dealkylation sites (tertiary alicyclic amines) is 1. The molecule has 0 spiro atoms. The molecular weight excluding hydrogens is 510 g/mol. The van der Waals surface area contributed by atoms with Crippen LogP contribution in [-0.2, 0) is 25.6 Å². The molecule has 1 aliphatic rings. The smallest absolute Gasteiger partial charge is 0.290 e. The van der Waals surface area contributed by atoms with Crippen LogP contribution in [0.2, 0.25) is 0 Å². The van der Waals surface area contributed by atoms with Gasteiger partial charge in [-0.1, -0.05) is 55.5 Å². The fourth-order valence-electron chi connectivity index (χ4n) is 4.35. The molecule has 10 heteroatoms. The van der Waals surface area contributed by atoms with E-state index in [1.165, 1.54) is 16.5 Å². The predicted molar refractivity (Wildman–Crippen MR) is 155 cm³/mol. The number of aryl methyl sites for hydroxylation is 1. The molecule has 3 aromatic rings. The summed E-state index contributed by atoms with van der Waals surface area (Å²) in [5.74, 6) is -0.744. The van der Waals surface area contributed by atoms with Gasteiger partial charge in [-0.2, -0.15) is 0 Å². The quantitative estimate of drug-likeness (QED) is 0.271. The van der Waals surface area contributed by atoms with Gasteiger partial charge in [0.15, 0.2) is 0 Å². The molecule has 3 amide bonds. The summed E-state index contributed by atoms with van der Waals surface area (Å²) >= 11 is 0. The van der Waals surface area contributed by atoms with Crippen LogP contribution in [0.15, 0.2) is 60.8 Å². The minimum absolute atomic E-state index is 0.0748. The summed E-state index contributed by atoms with van der Waals surface area (Å²) in [5, 5.41) is 13.7. The summed E-state index contributed by atoms with van der Waals surface area (Å²) in [6, 6.07) is 16.7. The zero-order valence-electron chi connectivity index (χ0n) is 23.4. The van der Waals surface area contributed by atoms with Gasteiger partial charge in [0.1, 0.15) is 6.04 Å². The fourth-order valence-corrected chi connectivity index (χ4v) is 4.35. The first-order valence-electron chi connectivity index (χ1n) is 13.5. The highest BCUT2D eigenvalue weighted by atomic mass is 16.3. The van der Waals surface area contributed by atoms with Crippen molar-refractivity contribution in [3.8, 4) is 0 Å². The maximum Gasteiger partial charge on any atom is 0.290 e. The van der Waals surface area contributed by atoms with Gasteiger partial charge in [0.05, 0.1) is 12.6 Å².